The van der Waals surface area contributed by atoms with Crippen molar-refractivity contribution in [2.45, 2.75) is 138 Å². The first-order valence-electron chi connectivity index (χ1n) is 35.3. The van der Waals surface area contributed by atoms with Gasteiger partial charge in [0.25, 0.3) is 0 Å². The molecule has 0 aromatic heterocycles. The Labute approximate surface area is 621 Å². The molecule has 0 amide bonds. The van der Waals surface area contributed by atoms with Crippen LogP contribution in [0.15, 0.2) is 84.9 Å². The Morgan fingerprint density at radius 1 is 0.541 bits per heavy atom. The number of alkyl halides is 6. The van der Waals surface area contributed by atoms with Gasteiger partial charge in [0, 0.05) is 128 Å². The molecule has 3 N–H and O–H groups in total. The predicted molar refractivity (Wildman–Crippen MR) is 373 cm³/mol. The first-order valence-corrected chi connectivity index (χ1v) is 38.1. The number of hydrogen-bond donors (Lipinski definition) is 2. The highest BCUT2D eigenvalue weighted by Crippen LogP contribution is 2.63. The van der Waals surface area contributed by atoms with Crippen LogP contribution in [0, 0.1) is 23.3 Å². The molecule has 588 valence electrons. The summed E-state index contributed by atoms with van der Waals surface area (Å²) < 4.78 is 232. The Hall–Kier alpha value is -8.80. The number of carboxylic acids is 1. The van der Waals surface area contributed by atoms with Gasteiger partial charge in [0.15, 0.2) is 34.3 Å². The average molecular weight is 1580 g/mol. The number of morpholine rings is 2. The van der Waals surface area contributed by atoms with Crippen molar-refractivity contribution >= 4 is 55.3 Å². The first kappa shape index (κ1) is 79.7. The maximum Gasteiger partial charge on any atom is 0.534 e. The minimum Gasteiger partial charge on any atom is -0.481 e. The summed E-state index contributed by atoms with van der Waals surface area (Å²) in [7, 11) is -13.0. The van der Waals surface area contributed by atoms with Crippen LogP contribution in [0.4, 0.5) is 55.3 Å². The van der Waals surface area contributed by atoms with E-state index in [1.165, 1.54) is 30.3 Å². The summed E-state index contributed by atoms with van der Waals surface area (Å²) in [5.41, 5.74) is -8.74. The van der Waals surface area contributed by atoms with Gasteiger partial charge in [-0.2, -0.15) is 52.0 Å². The Morgan fingerprint density at radius 3 is 1.30 bits per heavy atom. The number of anilines is 2. The second kappa shape index (κ2) is 30.1. The molecule has 8 aliphatic heterocycles. The normalized spacial score (nSPS) is 21.6. The number of aliphatic carboxylic acids is 1. The minimum absolute atomic E-state index is 0.0595. The number of nitrogens with zero attached hydrogens (tertiary/aromatic N) is 4. The molecule has 14 rings (SSSR count). The van der Waals surface area contributed by atoms with Crippen LogP contribution >= 0.6 is 0 Å². The highest BCUT2D eigenvalue weighted by molar-refractivity contribution is 7.88. The summed E-state index contributed by atoms with van der Waals surface area (Å²) in [6.45, 7) is 22.3. The number of halogens is 10. The van der Waals surface area contributed by atoms with Crippen molar-refractivity contribution in [1.82, 2.24) is 9.80 Å². The number of ketones is 1. The van der Waals surface area contributed by atoms with Crippen LogP contribution < -0.4 is 33.4 Å². The summed E-state index contributed by atoms with van der Waals surface area (Å²) in [6.07, 6.45) is 3.59. The fraction of sp³-hybridized carbons (Fsp3) is 0.467. The molecule has 109 heavy (non-hydrogen) atoms. The quantitative estimate of drug-likeness (QED) is 0.0350. The molecule has 0 aliphatic carbocycles. The van der Waals surface area contributed by atoms with E-state index in [9.17, 15) is 67.5 Å². The van der Waals surface area contributed by atoms with Crippen molar-refractivity contribution in [2.75, 3.05) is 95.1 Å². The predicted octanol–water partition coefficient (Wildman–Crippen LogP) is 13.3. The van der Waals surface area contributed by atoms with Gasteiger partial charge in [-0.25, -0.2) is 18.4 Å². The zero-order valence-corrected chi connectivity index (χ0v) is 61.7. The van der Waals surface area contributed by atoms with E-state index in [4.69, 9.17) is 34.2 Å². The van der Waals surface area contributed by atoms with Crippen LogP contribution in [0.1, 0.15) is 170 Å². The number of carboxylic acid groups (broad SMARTS) is 1. The van der Waals surface area contributed by atoms with Gasteiger partial charge < -0.3 is 57.4 Å². The van der Waals surface area contributed by atoms with Gasteiger partial charge >= 0.3 is 49.2 Å². The highest BCUT2D eigenvalue weighted by atomic mass is 32.2. The van der Waals surface area contributed by atoms with Gasteiger partial charge in [0.05, 0.1) is 48.7 Å². The van der Waals surface area contributed by atoms with Gasteiger partial charge in [0.2, 0.25) is 23.1 Å². The molecule has 0 saturated carbocycles. The third-order valence-corrected chi connectivity index (χ3v) is 22.8. The number of esters is 2. The number of hydrogen-bond acceptors (Lipinski definition) is 21. The highest BCUT2D eigenvalue weighted by Gasteiger charge is 2.59. The van der Waals surface area contributed by atoms with Crippen LogP contribution in [-0.2, 0) is 60.0 Å². The molecule has 2 fully saturated rings. The summed E-state index contributed by atoms with van der Waals surface area (Å²) in [5, 5.41) is 9.21. The molecular formula is C75H79F10N5O17S2. The van der Waals surface area contributed by atoms with Crippen molar-refractivity contribution in [3.05, 3.63) is 164 Å². The van der Waals surface area contributed by atoms with Crippen molar-refractivity contribution in [1.29, 1.82) is 0 Å². The number of nitrogens with two attached hydrogens (primary N) is 1. The molecule has 2 spiro atoms. The Balaban J connectivity index is 0.000000184. The van der Waals surface area contributed by atoms with E-state index in [0.717, 1.165) is 76.6 Å². The van der Waals surface area contributed by atoms with Crippen LogP contribution in [-0.4, -0.2) is 163 Å². The van der Waals surface area contributed by atoms with E-state index in [1.807, 2.05) is 32.6 Å². The third kappa shape index (κ3) is 15.0. The van der Waals surface area contributed by atoms with E-state index in [1.54, 1.807) is 42.5 Å². The van der Waals surface area contributed by atoms with Crippen molar-refractivity contribution in [3.63, 3.8) is 0 Å². The molecule has 22 nitrogen and oxygen atoms in total. The molecule has 8 aliphatic rings. The largest absolute Gasteiger partial charge is 0.534 e. The fourth-order valence-electron chi connectivity index (χ4n) is 16.0. The van der Waals surface area contributed by atoms with Gasteiger partial charge in [-0.05, 0) is 126 Å². The topological polar surface area (TPSA) is 270 Å². The summed E-state index contributed by atoms with van der Waals surface area (Å²) in [4.78, 5) is 59.4. The zero-order valence-electron chi connectivity index (χ0n) is 60.0. The van der Waals surface area contributed by atoms with E-state index < -0.39 is 129 Å². The van der Waals surface area contributed by atoms with E-state index in [2.05, 4.69) is 36.9 Å². The van der Waals surface area contributed by atoms with Crippen LogP contribution in [0.3, 0.4) is 0 Å². The smallest absolute Gasteiger partial charge is 0.481 e. The number of fused-ring (bicyclic) bond motifs is 14. The lowest BCUT2D eigenvalue weighted by atomic mass is 9.74. The number of benzene rings is 6. The summed E-state index contributed by atoms with van der Waals surface area (Å²) in [6, 6.07) is 19.9. The van der Waals surface area contributed by atoms with Crippen molar-refractivity contribution in [2.24, 2.45) is 5.73 Å². The maximum absolute atomic E-state index is 16.3. The zero-order chi connectivity index (χ0) is 78.9. The van der Waals surface area contributed by atoms with Crippen LogP contribution in [0.5, 0.6) is 34.5 Å². The molecule has 0 bridgehead atoms. The molecule has 34 heteroatoms. The van der Waals surface area contributed by atoms with Crippen molar-refractivity contribution < 1.29 is 122 Å². The molecule has 0 radical (unpaired) electrons. The lowest BCUT2D eigenvalue weighted by molar-refractivity contribution is -0.137. The monoisotopic (exact) mass is 1580 g/mol. The van der Waals surface area contributed by atoms with Gasteiger partial charge in [-0.3, -0.25) is 19.4 Å². The number of Topliss-reactive ketones (excluding diaryl/α,β-unsaturated/α-hetero) is 1. The van der Waals surface area contributed by atoms with Crippen molar-refractivity contribution in [3.8, 4) is 34.5 Å². The standard InChI is InChI=1S/C38H39F5N2O8S.C31H26F5NO8S.C6H14N2O/c1-22-21-36(2,3)45(13-7-9-23(46)8-6-12-44-14-16-50-17-15-44)30-20-31-27(18-25(22)30)37(26-11-5-4-10-24(26)35(47)52-37)28-19-29(39)34(32(40)33(28)51-31)53-54(48,49)38(41,42)43;1-15-14-29(2,3)37(10-6-9-24(38)39)22-13-23-19(11-17(15)22)30(18-8-5-4-7-16(18)28(40)44-30)20-12-21(32)27(25(33)26(20)43-23)45-46(41,42)31(34,35)36;7-1-2-8-3-5-9-6-4-8/h4-5,10-11,18-20,22H,6-9,12-17,21H2,1-3H3;4-5,7-8,11-13,15H,6,9-10,14H2,1-3H3,(H,38,39);1-7H2. The Kier molecular flexibility index (Phi) is 22.0. The number of rotatable bonds is 18. The third-order valence-electron chi connectivity index (χ3n) is 20.9. The fourth-order valence-corrected chi connectivity index (χ4v) is 16.9. The molecule has 6 aromatic carbocycles. The molecule has 6 aromatic rings. The SMILES string of the molecule is CC1CC(C)(C)N(CCCC(=O)CCCN2CCOCC2)c2cc3c(cc21)C1(OC(=O)c2ccccc21)c1cc(F)c(OS(=O)(=O)C(F)(F)F)c(F)c1O3.CC1CC(C)(C)N(CCCC(=O)O)c2cc3c(cc21)C1(OC(=O)c2ccccc21)c1cc(F)c(OS(=O)(=O)C(F)(F)F)c(F)c1O3.NCCN1CCOCC1. The summed E-state index contributed by atoms with van der Waals surface area (Å²) >= 11 is 0. The Morgan fingerprint density at radius 2 is 0.917 bits per heavy atom. The molecule has 4 unspecified atom stereocenters. The van der Waals surface area contributed by atoms with E-state index >= 15 is 17.6 Å². The summed E-state index contributed by atoms with van der Waals surface area (Å²) in [5.74, 6) is -15.8. The van der Waals surface area contributed by atoms with Gasteiger partial charge in [-0.15, -0.1) is 0 Å². The molecule has 2 saturated heterocycles. The second-order valence-electron chi connectivity index (χ2n) is 29.1. The van der Waals surface area contributed by atoms with E-state index in [0.29, 0.717) is 81.9 Å². The lowest BCUT2D eigenvalue weighted by Crippen LogP contribution is -2.49. The van der Waals surface area contributed by atoms with E-state index in [-0.39, 0.29) is 75.3 Å². The second-order valence-corrected chi connectivity index (χ2v) is 32.1. The first-order chi connectivity index (χ1) is 51.3. The Bertz CT molecular complexity index is 4820. The minimum atomic E-state index is -6.49. The number of carbonyl (C=O) groups excluding carboxylic acids is 3. The number of ether oxygens (including phenoxy) is 6. The molecule has 8 heterocycles. The number of carbonyl (C=O) groups is 4. The van der Waals surface area contributed by atoms with Gasteiger partial charge in [0.1, 0.15) is 17.3 Å². The van der Waals surface area contributed by atoms with Crippen LogP contribution in [0.2, 0.25) is 0 Å². The van der Waals surface area contributed by atoms with Crippen LogP contribution in [0.25, 0.3) is 0 Å². The molecule has 4 atom stereocenters. The van der Waals surface area contributed by atoms with Gasteiger partial charge in [-0.1, -0.05) is 50.2 Å². The maximum atomic E-state index is 16.3. The average Bonchev–Trinajstić information content (AvgIpc) is 1.64. The lowest BCUT2D eigenvalue weighted by Gasteiger charge is -2.48. The molecular weight excluding hydrogens is 1500 g/mol.